The van der Waals surface area contributed by atoms with E-state index >= 15 is 0 Å². The van der Waals surface area contributed by atoms with Crippen molar-refractivity contribution in [3.05, 3.63) is 41.7 Å². The van der Waals surface area contributed by atoms with E-state index in [0.717, 1.165) is 11.0 Å². The quantitative estimate of drug-likeness (QED) is 0.856. The molecule has 0 aliphatic carbocycles. The number of aromatic nitrogens is 2. The zero-order valence-corrected chi connectivity index (χ0v) is 9.21. The standard InChI is InChI=1S/C11H10ClN3O/c1-7(12)5-13-11(16)8-2-3-9-10(4-8)15-6-14-9/h2-4,6H,1,5H2,(H,13,16)(H,14,15). The van der Waals surface area contributed by atoms with Crippen LogP contribution in [-0.2, 0) is 0 Å². The third-order valence-corrected chi connectivity index (χ3v) is 2.26. The molecule has 16 heavy (non-hydrogen) atoms. The highest BCUT2D eigenvalue weighted by Gasteiger charge is 2.06. The van der Waals surface area contributed by atoms with Gasteiger partial charge in [-0.1, -0.05) is 18.2 Å². The minimum Gasteiger partial charge on any atom is -0.347 e. The van der Waals surface area contributed by atoms with Gasteiger partial charge in [0.1, 0.15) is 0 Å². The van der Waals surface area contributed by atoms with Crippen molar-refractivity contribution < 1.29 is 4.79 Å². The number of imidazole rings is 1. The predicted molar refractivity (Wildman–Crippen MR) is 63.4 cm³/mol. The van der Waals surface area contributed by atoms with Crippen molar-refractivity contribution in [2.45, 2.75) is 0 Å². The molecule has 1 aromatic heterocycles. The average molecular weight is 236 g/mol. The summed E-state index contributed by atoms with van der Waals surface area (Å²) < 4.78 is 0. The maximum absolute atomic E-state index is 11.7. The van der Waals surface area contributed by atoms with Crippen LogP contribution in [-0.4, -0.2) is 22.4 Å². The molecule has 5 heteroatoms. The van der Waals surface area contributed by atoms with Crippen molar-refractivity contribution in [3.63, 3.8) is 0 Å². The molecule has 2 rings (SSSR count). The first-order valence-corrected chi connectivity index (χ1v) is 5.09. The number of nitrogens with zero attached hydrogens (tertiary/aromatic N) is 1. The third-order valence-electron chi connectivity index (χ3n) is 2.12. The second-order valence-corrected chi connectivity index (χ2v) is 3.87. The monoisotopic (exact) mass is 235 g/mol. The molecular formula is C11H10ClN3O. The van der Waals surface area contributed by atoms with Crippen LogP contribution >= 0.6 is 11.6 Å². The van der Waals surface area contributed by atoms with Gasteiger partial charge in [-0.3, -0.25) is 4.79 Å². The Balaban J connectivity index is 2.19. The molecular weight excluding hydrogens is 226 g/mol. The van der Waals surface area contributed by atoms with Gasteiger partial charge in [0.25, 0.3) is 5.91 Å². The SMILES string of the molecule is C=C(Cl)CNC(=O)c1ccc2nc[nH]c2c1. The lowest BCUT2D eigenvalue weighted by atomic mass is 10.2. The van der Waals surface area contributed by atoms with Crippen molar-refractivity contribution >= 4 is 28.5 Å². The average Bonchev–Trinajstić information content (AvgIpc) is 2.72. The smallest absolute Gasteiger partial charge is 0.251 e. The molecule has 1 heterocycles. The van der Waals surface area contributed by atoms with Crippen LogP contribution in [0.15, 0.2) is 36.1 Å². The number of H-pyrrole nitrogens is 1. The van der Waals surface area contributed by atoms with Crippen molar-refractivity contribution in [1.29, 1.82) is 0 Å². The number of carbonyl (C=O) groups excluding carboxylic acids is 1. The minimum atomic E-state index is -0.182. The van der Waals surface area contributed by atoms with Gasteiger partial charge in [0.05, 0.1) is 23.9 Å². The van der Waals surface area contributed by atoms with E-state index in [0.29, 0.717) is 10.6 Å². The Morgan fingerprint density at radius 1 is 1.56 bits per heavy atom. The summed E-state index contributed by atoms with van der Waals surface area (Å²) in [6.45, 7) is 3.76. The van der Waals surface area contributed by atoms with Gasteiger partial charge in [0, 0.05) is 10.6 Å². The Labute approximate surface area is 97.3 Å². The first-order valence-electron chi connectivity index (χ1n) is 4.71. The Hall–Kier alpha value is -1.81. The van der Waals surface area contributed by atoms with Crippen LogP contribution in [0.25, 0.3) is 11.0 Å². The van der Waals surface area contributed by atoms with Crippen LogP contribution in [0, 0.1) is 0 Å². The molecule has 4 nitrogen and oxygen atoms in total. The molecule has 0 radical (unpaired) electrons. The van der Waals surface area contributed by atoms with E-state index in [4.69, 9.17) is 11.6 Å². The van der Waals surface area contributed by atoms with Crippen LogP contribution in [0.3, 0.4) is 0 Å². The Kier molecular flexibility index (Phi) is 2.92. The van der Waals surface area contributed by atoms with Gasteiger partial charge in [0.2, 0.25) is 0 Å². The molecule has 0 aliphatic heterocycles. The fourth-order valence-electron chi connectivity index (χ4n) is 1.36. The molecule has 0 unspecified atom stereocenters. The maximum atomic E-state index is 11.7. The molecule has 0 aliphatic rings. The van der Waals surface area contributed by atoms with Crippen molar-refractivity contribution in [2.24, 2.45) is 0 Å². The summed E-state index contributed by atoms with van der Waals surface area (Å²) in [5.74, 6) is -0.182. The predicted octanol–water partition coefficient (Wildman–Crippen LogP) is 2.05. The van der Waals surface area contributed by atoms with E-state index in [1.165, 1.54) is 0 Å². The molecule has 0 bridgehead atoms. The van der Waals surface area contributed by atoms with Crippen LogP contribution in [0.5, 0.6) is 0 Å². The lowest BCUT2D eigenvalue weighted by molar-refractivity contribution is 0.0958. The highest BCUT2D eigenvalue weighted by molar-refractivity contribution is 6.29. The van der Waals surface area contributed by atoms with Crippen LogP contribution in [0.4, 0.5) is 0 Å². The van der Waals surface area contributed by atoms with Crippen LogP contribution in [0.2, 0.25) is 0 Å². The number of fused-ring (bicyclic) bond motifs is 1. The number of benzene rings is 1. The van der Waals surface area contributed by atoms with Crippen molar-refractivity contribution in [3.8, 4) is 0 Å². The Morgan fingerprint density at radius 2 is 2.38 bits per heavy atom. The summed E-state index contributed by atoms with van der Waals surface area (Å²) in [4.78, 5) is 18.7. The van der Waals surface area contributed by atoms with E-state index in [9.17, 15) is 4.79 Å². The highest BCUT2D eigenvalue weighted by Crippen LogP contribution is 2.11. The molecule has 82 valence electrons. The summed E-state index contributed by atoms with van der Waals surface area (Å²) in [6.07, 6.45) is 1.59. The first-order chi connectivity index (χ1) is 7.66. The van der Waals surface area contributed by atoms with Gasteiger partial charge >= 0.3 is 0 Å². The first kappa shape index (κ1) is 10.7. The maximum Gasteiger partial charge on any atom is 0.251 e. The summed E-state index contributed by atoms with van der Waals surface area (Å²) >= 11 is 5.56. The second kappa shape index (κ2) is 4.37. The number of carbonyl (C=O) groups is 1. The van der Waals surface area contributed by atoms with E-state index in [2.05, 4.69) is 21.9 Å². The number of nitrogens with one attached hydrogen (secondary N) is 2. The molecule has 0 atom stereocenters. The molecule has 0 fully saturated rings. The summed E-state index contributed by atoms with van der Waals surface area (Å²) in [5, 5.41) is 3.05. The molecule has 1 amide bonds. The van der Waals surface area contributed by atoms with Gasteiger partial charge in [-0.2, -0.15) is 0 Å². The Morgan fingerprint density at radius 3 is 3.12 bits per heavy atom. The fourth-order valence-corrected chi connectivity index (χ4v) is 1.42. The van der Waals surface area contributed by atoms with E-state index < -0.39 is 0 Å². The fraction of sp³-hybridized carbons (Fsp3) is 0.0909. The van der Waals surface area contributed by atoms with Gasteiger partial charge < -0.3 is 10.3 Å². The summed E-state index contributed by atoms with van der Waals surface area (Å²) in [7, 11) is 0. The summed E-state index contributed by atoms with van der Waals surface area (Å²) in [5.41, 5.74) is 2.23. The molecule has 2 aromatic rings. The normalized spacial score (nSPS) is 10.3. The summed E-state index contributed by atoms with van der Waals surface area (Å²) in [6, 6.07) is 5.25. The van der Waals surface area contributed by atoms with Gasteiger partial charge in [-0.25, -0.2) is 4.98 Å². The second-order valence-electron chi connectivity index (χ2n) is 3.33. The number of rotatable bonds is 3. The molecule has 0 spiro atoms. The van der Waals surface area contributed by atoms with Gasteiger partial charge in [-0.15, -0.1) is 0 Å². The lowest BCUT2D eigenvalue weighted by Gasteiger charge is -2.03. The molecule has 0 saturated heterocycles. The van der Waals surface area contributed by atoms with Gasteiger partial charge in [-0.05, 0) is 18.2 Å². The van der Waals surface area contributed by atoms with E-state index in [-0.39, 0.29) is 12.5 Å². The van der Waals surface area contributed by atoms with Crippen molar-refractivity contribution in [1.82, 2.24) is 15.3 Å². The number of aromatic amines is 1. The number of hydrogen-bond donors (Lipinski definition) is 2. The zero-order valence-electron chi connectivity index (χ0n) is 8.46. The van der Waals surface area contributed by atoms with Crippen molar-refractivity contribution in [2.75, 3.05) is 6.54 Å². The van der Waals surface area contributed by atoms with E-state index in [1.807, 2.05) is 0 Å². The molecule has 1 aromatic carbocycles. The minimum absolute atomic E-state index is 0.182. The highest BCUT2D eigenvalue weighted by atomic mass is 35.5. The number of hydrogen-bond acceptors (Lipinski definition) is 2. The third kappa shape index (κ3) is 2.23. The number of amides is 1. The van der Waals surface area contributed by atoms with Crippen LogP contribution < -0.4 is 5.32 Å². The molecule has 2 N–H and O–H groups in total. The number of halogens is 1. The molecule has 0 saturated carbocycles. The van der Waals surface area contributed by atoms with Crippen LogP contribution in [0.1, 0.15) is 10.4 Å². The van der Waals surface area contributed by atoms with E-state index in [1.54, 1.807) is 24.5 Å². The zero-order chi connectivity index (χ0) is 11.5. The Bertz CT molecular complexity index is 547. The van der Waals surface area contributed by atoms with Gasteiger partial charge in [0.15, 0.2) is 0 Å². The largest absolute Gasteiger partial charge is 0.347 e. The lowest BCUT2D eigenvalue weighted by Crippen LogP contribution is -2.24. The topological polar surface area (TPSA) is 57.8 Å².